The normalized spacial score (nSPS) is 17.3. The Balaban J connectivity index is 1.70. The largest absolute Gasteiger partial charge is 0.379 e. The van der Waals surface area contributed by atoms with Crippen molar-refractivity contribution in [1.29, 1.82) is 0 Å². The molecule has 0 unspecified atom stereocenters. The smallest absolute Gasteiger partial charge is 0.215 e. The molecule has 1 aromatic heterocycles. The monoisotopic (exact) mass is 381 g/mol. The summed E-state index contributed by atoms with van der Waals surface area (Å²) in [7, 11) is -1.57. The third-order valence-corrected chi connectivity index (χ3v) is 5.90. The lowest BCUT2D eigenvalue weighted by molar-refractivity contribution is 0.0158. The van der Waals surface area contributed by atoms with Crippen molar-refractivity contribution in [1.82, 2.24) is 14.2 Å². The van der Waals surface area contributed by atoms with Crippen LogP contribution in [0.25, 0.3) is 0 Å². The van der Waals surface area contributed by atoms with Crippen molar-refractivity contribution >= 4 is 10.0 Å². The van der Waals surface area contributed by atoms with Crippen LogP contribution in [0.2, 0.25) is 0 Å². The first-order valence-electron chi connectivity index (χ1n) is 8.59. The molecule has 1 aliphatic rings. The lowest BCUT2D eigenvalue weighted by atomic mass is 10.1. The number of ether oxygens (including phenoxy) is 1. The molecule has 0 saturated carbocycles. The fourth-order valence-electron chi connectivity index (χ4n) is 3.19. The van der Waals surface area contributed by atoms with E-state index in [1.54, 1.807) is 0 Å². The summed E-state index contributed by atoms with van der Waals surface area (Å²) in [5.74, 6) is -0.550. The van der Waals surface area contributed by atoms with E-state index in [0.29, 0.717) is 18.8 Å². The zero-order valence-corrected chi connectivity index (χ0v) is 15.6. The maximum Gasteiger partial charge on any atom is 0.215 e. The van der Waals surface area contributed by atoms with Crippen molar-refractivity contribution in [3.05, 3.63) is 59.7 Å². The molecule has 3 rings (SSSR count). The second kappa shape index (κ2) is 8.30. The summed E-state index contributed by atoms with van der Waals surface area (Å²) in [5, 5.41) is 0. The van der Waals surface area contributed by atoms with Gasteiger partial charge in [-0.1, -0.05) is 12.1 Å². The number of morpholine rings is 1. The van der Waals surface area contributed by atoms with Crippen molar-refractivity contribution in [3.63, 3.8) is 0 Å². The van der Waals surface area contributed by atoms with Gasteiger partial charge in [0.15, 0.2) is 0 Å². The van der Waals surface area contributed by atoms with Crippen molar-refractivity contribution in [2.24, 2.45) is 7.05 Å². The van der Waals surface area contributed by atoms with Crippen LogP contribution in [-0.4, -0.2) is 50.7 Å². The number of nitrogens with zero attached hydrogens (tertiary/aromatic N) is 2. The van der Waals surface area contributed by atoms with Gasteiger partial charge in [0.2, 0.25) is 10.0 Å². The fourth-order valence-corrected chi connectivity index (χ4v) is 4.33. The SMILES string of the molecule is Cn1cccc1[C@H](CNS(=O)(=O)Cc1ccc(F)cc1)N1CCOCC1. The first kappa shape index (κ1) is 19.0. The van der Waals surface area contributed by atoms with E-state index in [1.165, 1.54) is 24.3 Å². The number of aryl methyl sites for hydroxylation is 1. The predicted octanol–water partition coefficient (Wildman–Crippen LogP) is 1.66. The number of aromatic nitrogens is 1. The molecule has 1 N–H and O–H groups in total. The van der Waals surface area contributed by atoms with E-state index in [1.807, 2.05) is 29.9 Å². The van der Waals surface area contributed by atoms with Gasteiger partial charge in [-0.25, -0.2) is 17.5 Å². The van der Waals surface area contributed by atoms with Crippen molar-refractivity contribution < 1.29 is 17.5 Å². The average Bonchev–Trinajstić information content (AvgIpc) is 3.04. The molecule has 1 aliphatic heterocycles. The standard InChI is InChI=1S/C18H24FN3O3S/c1-21-8-2-3-17(21)18(22-9-11-25-12-10-22)13-20-26(23,24)14-15-4-6-16(19)7-5-15/h2-8,18,20H,9-14H2,1H3/t18-/m0/s1. The molecule has 0 amide bonds. The first-order chi connectivity index (χ1) is 12.4. The lowest BCUT2D eigenvalue weighted by Gasteiger charge is -2.34. The van der Waals surface area contributed by atoms with Crippen molar-refractivity contribution in [2.75, 3.05) is 32.8 Å². The zero-order chi connectivity index (χ0) is 18.6. The van der Waals surface area contributed by atoms with Crippen LogP contribution < -0.4 is 4.72 Å². The summed E-state index contributed by atoms with van der Waals surface area (Å²) in [5.41, 5.74) is 1.61. The van der Waals surface area contributed by atoms with Crippen LogP contribution in [0.5, 0.6) is 0 Å². The Bertz CT molecular complexity index is 814. The maximum atomic E-state index is 13.0. The van der Waals surface area contributed by atoms with E-state index >= 15 is 0 Å². The summed E-state index contributed by atoms with van der Waals surface area (Å²) in [6.45, 7) is 3.08. The zero-order valence-electron chi connectivity index (χ0n) is 14.8. The Morgan fingerprint density at radius 2 is 1.88 bits per heavy atom. The van der Waals surface area contributed by atoms with Crippen LogP contribution >= 0.6 is 0 Å². The van der Waals surface area contributed by atoms with Gasteiger partial charge >= 0.3 is 0 Å². The molecule has 0 aliphatic carbocycles. The number of rotatable bonds is 7. The minimum absolute atomic E-state index is 0.0677. The Labute approximate surface area is 153 Å². The summed E-state index contributed by atoms with van der Waals surface area (Å²) < 4.78 is 48.1. The molecule has 1 fully saturated rings. The maximum absolute atomic E-state index is 13.0. The minimum atomic E-state index is -3.52. The molecular weight excluding hydrogens is 357 g/mol. The van der Waals surface area contributed by atoms with Gasteiger partial charge in [0.05, 0.1) is 25.0 Å². The van der Waals surface area contributed by atoms with Gasteiger partial charge in [0.1, 0.15) is 5.82 Å². The molecular formula is C18H24FN3O3S. The lowest BCUT2D eigenvalue weighted by Crippen LogP contribution is -2.44. The second-order valence-electron chi connectivity index (χ2n) is 6.44. The second-order valence-corrected chi connectivity index (χ2v) is 8.25. The number of halogens is 1. The number of hydrogen-bond donors (Lipinski definition) is 1. The van der Waals surface area contributed by atoms with Crippen LogP contribution in [0.15, 0.2) is 42.6 Å². The Morgan fingerprint density at radius 3 is 2.50 bits per heavy atom. The van der Waals surface area contributed by atoms with Crippen LogP contribution in [0.1, 0.15) is 17.3 Å². The highest BCUT2D eigenvalue weighted by Gasteiger charge is 2.26. The summed E-state index contributed by atoms with van der Waals surface area (Å²) in [6, 6.07) is 9.42. The third-order valence-electron chi connectivity index (χ3n) is 4.58. The average molecular weight is 381 g/mol. The van der Waals surface area contributed by atoms with E-state index < -0.39 is 10.0 Å². The highest BCUT2D eigenvalue weighted by molar-refractivity contribution is 7.88. The van der Waals surface area contributed by atoms with Gasteiger partial charge in [-0.3, -0.25) is 4.90 Å². The van der Waals surface area contributed by atoms with Gasteiger partial charge in [-0.15, -0.1) is 0 Å². The molecule has 0 spiro atoms. The molecule has 2 heterocycles. The molecule has 2 aromatic rings. The van der Waals surface area contributed by atoms with Crippen LogP contribution in [0, 0.1) is 5.82 Å². The van der Waals surface area contributed by atoms with Gasteiger partial charge in [0.25, 0.3) is 0 Å². The summed E-state index contributed by atoms with van der Waals surface area (Å²) in [6.07, 6.45) is 1.95. The topological polar surface area (TPSA) is 63.6 Å². The van der Waals surface area contributed by atoms with Gasteiger partial charge in [-0.2, -0.15) is 0 Å². The van der Waals surface area contributed by atoms with Crippen LogP contribution in [-0.2, 0) is 27.6 Å². The molecule has 1 aromatic carbocycles. The molecule has 1 saturated heterocycles. The number of hydrogen-bond acceptors (Lipinski definition) is 4. The van der Waals surface area contributed by atoms with E-state index in [-0.39, 0.29) is 24.2 Å². The molecule has 142 valence electrons. The highest BCUT2D eigenvalue weighted by Crippen LogP contribution is 2.22. The Hall–Kier alpha value is -1.74. The summed E-state index contributed by atoms with van der Waals surface area (Å²) >= 11 is 0. The molecule has 26 heavy (non-hydrogen) atoms. The van der Waals surface area contributed by atoms with E-state index in [0.717, 1.165) is 18.8 Å². The number of nitrogens with one attached hydrogen (secondary N) is 1. The van der Waals surface area contributed by atoms with Crippen molar-refractivity contribution in [2.45, 2.75) is 11.8 Å². The third kappa shape index (κ3) is 4.91. The quantitative estimate of drug-likeness (QED) is 0.792. The highest BCUT2D eigenvalue weighted by atomic mass is 32.2. The fraction of sp³-hybridized carbons (Fsp3) is 0.444. The molecule has 0 radical (unpaired) electrons. The molecule has 8 heteroatoms. The van der Waals surface area contributed by atoms with Crippen LogP contribution in [0.3, 0.4) is 0 Å². The Kier molecular flexibility index (Phi) is 6.08. The van der Waals surface area contributed by atoms with Gasteiger partial charge < -0.3 is 9.30 Å². The summed E-state index contributed by atoms with van der Waals surface area (Å²) in [4.78, 5) is 2.24. The van der Waals surface area contributed by atoms with Crippen LogP contribution in [0.4, 0.5) is 4.39 Å². The number of sulfonamides is 1. The first-order valence-corrected chi connectivity index (χ1v) is 10.2. The molecule has 1 atom stereocenters. The van der Waals surface area contributed by atoms with E-state index in [4.69, 9.17) is 4.74 Å². The van der Waals surface area contributed by atoms with E-state index in [2.05, 4.69) is 9.62 Å². The minimum Gasteiger partial charge on any atom is -0.379 e. The Morgan fingerprint density at radius 1 is 1.19 bits per heavy atom. The van der Waals surface area contributed by atoms with E-state index in [9.17, 15) is 12.8 Å². The molecule has 0 bridgehead atoms. The number of benzene rings is 1. The van der Waals surface area contributed by atoms with Gasteiger partial charge in [-0.05, 0) is 29.8 Å². The predicted molar refractivity (Wildman–Crippen MR) is 97.6 cm³/mol. The van der Waals surface area contributed by atoms with Crippen molar-refractivity contribution in [3.8, 4) is 0 Å². The molecule has 6 nitrogen and oxygen atoms in total. The van der Waals surface area contributed by atoms with Gasteiger partial charge in [0, 0.05) is 38.6 Å².